The van der Waals surface area contributed by atoms with E-state index in [-0.39, 0.29) is 35.5 Å². The van der Waals surface area contributed by atoms with Crippen LogP contribution in [0.4, 0.5) is 10.5 Å². The number of carbonyl (C=O) groups excluding carboxylic acids is 1. The first-order valence-corrected chi connectivity index (χ1v) is 10.4. The first-order valence-electron chi connectivity index (χ1n) is 10.4. The minimum absolute atomic E-state index is 0. The van der Waals surface area contributed by atoms with E-state index in [0.717, 1.165) is 37.6 Å². The van der Waals surface area contributed by atoms with Gasteiger partial charge in [-0.2, -0.15) is 0 Å². The van der Waals surface area contributed by atoms with E-state index in [0.29, 0.717) is 18.2 Å². The van der Waals surface area contributed by atoms with Crippen molar-refractivity contribution in [1.82, 2.24) is 10.6 Å². The average molecular weight is 532 g/mol. The molecule has 8 heteroatoms. The molecular formula is C22H37IN4O3. The van der Waals surface area contributed by atoms with Crippen LogP contribution >= 0.6 is 24.0 Å². The molecule has 1 aliphatic rings. The summed E-state index contributed by atoms with van der Waals surface area (Å²) < 4.78 is 10.7. The Balaban J connectivity index is 0.00000450. The summed E-state index contributed by atoms with van der Waals surface area (Å²) in [7, 11) is 1.34. The number of amides is 1. The fraction of sp³-hybridized carbons (Fsp3) is 0.636. The zero-order chi connectivity index (χ0) is 21.3. The fourth-order valence-corrected chi connectivity index (χ4v) is 3.61. The van der Waals surface area contributed by atoms with Crippen molar-refractivity contribution in [2.24, 2.45) is 16.3 Å². The van der Waals surface area contributed by atoms with Crippen LogP contribution in [0, 0.1) is 11.3 Å². The van der Waals surface area contributed by atoms with Gasteiger partial charge in [0.25, 0.3) is 0 Å². The molecule has 0 radical (unpaired) electrons. The van der Waals surface area contributed by atoms with Gasteiger partial charge in [0.1, 0.15) is 0 Å². The Morgan fingerprint density at radius 2 is 1.93 bits per heavy atom. The molecule has 170 valence electrons. The van der Waals surface area contributed by atoms with Crippen LogP contribution in [-0.2, 0) is 16.0 Å². The maximum atomic E-state index is 11.3. The van der Waals surface area contributed by atoms with Crippen molar-refractivity contribution in [3.05, 3.63) is 29.8 Å². The van der Waals surface area contributed by atoms with E-state index < -0.39 is 6.09 Å². The molecule has 0 spiro atoms. The Morgan fingerprint density at radius 3 is 2.53 bits per heavy atom. The largest absolute Gasteiger partial charge is 0.453 e. The van der Waals surface area contributed by atoms with E-state index in [1.165, 1.54) is 13.5 Å². The summed E-state index contributed by atoms with van der Waals surface area (Å²) in [5, 5.41) is 9.45. The monoisotopic (exact) mass is 532 g/mol. The van der Waals surface area contributed by atoms with Gasteiger partial charge < -0.3 is 20.1 Å². The van der Waals surface area contributed by atoms with Crippen LogP contribution < -0.4 is 16.0 Å². The summed E-state index contributed by atoms with van der Waals surface area (Å²) in [6, 6.07) is 7.58. The third-order valence-electron chi connectivity index (χ3n) is 4.98. The first kappa shape index (κ1) is 26.5. The van der Waals surface area contributed by atoms with E-state index in [9.17, 15) is 4.79 Å². The topological polar surface area (TPSA) is 84.0 Å². The van der Waals surface area contributed by atoms with Crippen LogP contribution in [0.5, 0.6) is 0 Å². The smallest absolute Gasteiger partial charge is 0.411 e. The maximum absolute atomic E-state index is 11.3. The highest BCUT2D eigenvalue weighted by Gasteiger charge is 2.35. The number of guanidine groups is 1. The van der Waals surface area contributed by atoms with Gasteiger partial charge in [0.15, 0.2) is 5.96 Å². The fourth-order valence-electron chi connectivity index (χ4n) is 3.61. The van der Waals surface area contributed by atoms with Crippen molar-refractivity contribution in [3.63, 3.8) is 0 Å². The molecule has 7 nitrogen and oxygen atoms in total. The molecule has 2 unspecified atom stereocenters. The van der Waals surface area contributed by atoms with Crippen LogP contribution in [0.25, 0.3) is 0 Å². The van der Waals surface area contributed by atoms with Gasteiger partial charge in [0.2, 0.25) is 0 Å². The number of aliphatic imine (C=N–C) groups is 1. The van der Waals surface area contributed by atoms with Crippen molar-refractivity contribution in [2.75, 3.05) is 32.1 Å². The normalized spacial score (nSPS) is 19.4. The molecule has 30 heavy (non-hydrogen) atoms. The second kappa shape index (κ2) is 13.0. The third-order valence-corrected chi connectivity index (χ3v) is 4.98. The molecule has 1 fully saturated rings. The number of rotatable bonds is 6. The molecule has 0 aromatic heterocycles. The van der Waals surface area contributed by atoms with E-state index in [2.05, 4.69) is 48.4 Å². The lowest BCUT2D eigenvalue weighted by Crippen LogP contribution is -2.47. The van der Waals surface area contributed by atoms with Crippen LogP contribution in [-0.4, -0.2) is 45.0 Å². The molecule has 1 heterocycles. The number of methoxy groups -OCH3 is 1. The Bertz CT molecular complexity index is 674. The number of benzene rings is 1. The number of nitrogens with zero attached hydrogens (tertiary/aromatic N) is 1. The highest BCUT2D eigenvalue weighted by atomic mass is 127. The summed E-state index contributed by atoms with van der Waals surface area (Å²) in [5.41, 5.74) is 1.88. The lowest BCUT2D eigenvalue weighted by molar-refractivity contribution is -0.0835. The minimum atomic E-state index is -0.477. The highest BCUT2D eigenvalue weighted by molar-refractivity contribution is 14.0. The van der Waals surface area contributed by atoms with E-state index in [1.807, 2.05) is 24.3 Å². The minimum Gasteiger partial charge on any atom is -0.453 e. The van der Waals surface area contributed by atoms with Crippen molar-refractivity contribution >= 4 is 41.7 Å². The molecule has 2 rings (SSSR count). The summed E-state index contributed by atoms with van der Waals surface area (Å²) in [5.74, 6) is 1.28. The molecule has 1 amide bonds. The van der Waals surface area contributed by atoms with Crippen LogP contribution in [0.1, 0.15) is 46.1 Å². The van der Waals surface area contributed by atoms with Crippen molar-refractivity contribution in [1.29, 1.82) is 0 Å². The Kier molecular flexibility index (Phi) is 11.5. The number of nitrogens with one attached hydrogen (secondary N) is 3. The zero-order valence-corrected chi connectivity index (χ0v) is 21.1. The Labute approximate surface area is 197 Å². The number of hydrogen-bond acceptors (Lipinski definition) is 4. The molecule has 0 saturated carbocycles. The molecule has 0 aliphatic carbocycles. The number of hydrogen-bond donors (Lipinski definition) is 3. The SMILES string of the molecule is CCNC(=NCc1ccc(NC(=O)OC)cc1)NCC1CCCOC1C(C)(C)C.I. The third kappa shape index (κ3) is 8.67. The second-order valence-corrected chi connectivity index (χ2v) is 8.45. The van der Waals surface area contributed by atoms with Gasteiger partial charge in [-0.3, -0.25) is 5.32 Å². The molecular weight excluding hydrogens is 495 g/mol. The quantitative estimate of drug-likeness (QED) is 0.288. The van der Waals surface area contributed by atoms with Crippen LogP contribution in [0.2, 0.25) is 0 Å². The second-order valence-electron chi connectivity index (χ2n) is 8.45. The van der Waals surface area contributed by atoms with Gasteiger partial charge in [0.05, 0.1) is 19.8 Å². The maximum Gasteiger partial charge on any atom is 0.411 e. The van der Waals surface area contributed by atoms with Gasteiger partial charge >= 0.3 is 6.09 Å². The van der Waals surface area contributed by atoms with Crippen molar-refractivity contribution in [2.45, 2.75) is 53.2 Å². The van der Waals surface area contributed by atoms with Crippen molar-refractivity contribution < 1.29 is 14.3 Å². The average Bonchev–Trinajstić information content (AvgIpc) is 2.70. The molecule has 1 saturated heterocycles. The van der Waals surface area contributed by atoms with Crippen molar-refractivity contribution in [3.8, 4) is 0 Å². The standard InChI is InChI=1S/C22H36N4O3.HI/c1-6-23-20(25-15-17-8-7-13-29-19(17)22(2,3)4)24-14-16-9-11-18(12-10-16)26-21(27)28-5;/h9-12,17,19H,6-8,13-15H2,1-5H3,(H,26,27)(H2,23,24,25);1H. The lowest BCUT2D eigenvalue weighted by atomic mass is 9.78. The van der Waals surface area contributed by atoms with Gasteiger partial charge in [-0.1, -0.05) is 32.9 Å². The van der Waals surface area contributed by atoms with E-state index in [1.54, 1.807) is 0 Å². The molecule has 3 N–H and O–H groups in total. The van der Waals surface area contributed by atoms with Gasteiger partial charge in [-0.25, -0.2) is 9.79 Å². The molecule has 1 aromatic carbocycles. The predicted molar refractivity (Wildman–Crippen MR) is 133 cm³/mol. The van der Waals surface area contributed by atoms with Crippen LogP contribution in [0.15, 0.2) is 29.3 Å². The number of ether oxygens (including phenoxy) is 2. The first-order chi connectivity index (χ1) is 13.8. The summed E-state index contributed by atoms with van der Waals surface area (Å²) in [4.78, 5) is 16.0. The highest BCUT2D eigenvalue weighted by Crippen LogP contribution is 2.33. The number of halogens is 1. The van der Waals surface area contributed by atoms with Gasteiger partial charge in [-0.15, -0.1) is 24.0 Å². The predicted octanol–water partition coefficient (Wildman–Crippen LogP) is 4.38. The molecule has 1 aliphatic heterocycles. The summed E-state index contributed by atoms with van der Waals surface area (Å²) in [6.45, 7) is 11.8. The lowest BCUT2D eigenvalue weighted by Gasteiger charge is -2.40. The Hall–Kier alpha value is -1.55. The van der Waals surface area contributed by atoms with Crippen LogP contribution in [0.3, 0.4) is 0 Å². The van der Waals surface area contributed by atoms with Gasteiger partial charge in [-0.05, 0) is 42.9 Å². The Morgan fingerprint density at radius 1 is 1.23 bits per heavy atom. The molecule has 2 atom stereocenters. The van der Waals surface area contributed by atoms with E-state index in [4.69, 9.17) is 9.73 Å². The van der Waals surface area contributed by atoms with Gasteiger partial charge in [0, 0.05) is 31.3 Å². The number of carbonyl (C=O) groups is 1. The van der Waals surface area contributed by atoms with E-state index >= 15 is 0 Å². The zero-order valence-electron chi connectivity index (χ0n) is 18.8. The summed E-state index contributed by atoms with van der Waals surface area (Å²) in [6.07, 6.45) is 2.05. The molecule has 0 bridgehead atoms. The number of anilines is 1. The molecule has 1 aromatic rings. The summed E-state index contributed by atoms with van der Waals surface area (Å²) >= 11 is 0.